The highest BCUT2D eigenvalue weighted by Gasteiger charge is 2.51. The van der Waals surface area contributed by atoms with Crippen LogP contribution in [0.3, 0.4) is 0 Å². The first-order chi connectivity index (χ1) is 16.3. The van der Waals surface area contributed by atoms with E-state index in [0.29, 0.717) is 23.9 Å². The molecule has 0 bridgehead atoms. The lowest BCUT2D eigenvalue weighted by Gasteiger charge is -2.36. The van der Waals surface area contributed by atoms with Crippen LogP contribution in [-0.2, 0) is 0 Å². The van der Waals surface area contributed by atoms with Gasteiger partial charge in [0, 0.05) is 34.3 Å². The zero-order chi connectivity index (χ0) is 21.9. The molecule has 160 valence electrons. The van der Waals surface area contributed by atoms with Gasteiger partial charge in [0.25, 0.3) is 0 Å². The maximum atomic E-state index is 2.76. The summed E-state index contributed by atoms with van der Waals surface area (Å²) in [4.78, 5) is 2.76. The van der Waals surface area contributed by atoms with Crippen LogP contribution >= 0.6 is 0 Å². The van der Waals surface area contributed by atoms with Gasteiger partial charge in [0.15, 0.2) is 0 Å². The van der Waals surface area contributed by atoms with Crippen molar-refractivity contribution in [1.82, 2.24) is 4.57 Å². The van der Waals surface area contributed by atoms with Crippen LogP contribution < -0.4 is 4.90 Å². The summed E-state index contributed by atoms with van der Waals surface area (Å²) >= 11 is 0. The smallest absolute Gasteiger partial charge is 0.133 e. The Kier molecular flexibility index (Phi) is 4.20. The van der Waals surface area contributed by atoms with Crippen molar-refractivity contribution in [3.63, 3.8) is 0 Å². The fourth-order valence-corrected chi connectivity index (χ4v) is 6.75. The molecule has 3 heteroatoms. The van der Waals surface area contributed by atoms with Crippen molar-refractivity contribution in [3.05, 3.63) is 114 Å². The van der Waals surface area contributed by atoms with Crippen molar-refractivity contribution in [3.8, 4) is 5.69 Å². The lowest BCUT2D eigenvalue weighted by atomic mass is 9.71. The van der Waals surface area contributed by atoms with Crippen LogP contribution in [0.4, 0.5) is 5.69 Å². The molecule has 1 aromatic heterocycles. The maximum Gasteiger partial charge on any atom is 0.133 e. The van der Waals surface area contributed by atoms with Crippen molar-refractivity contribution < 1.29 is 0 Å². The van der Waals surface area contributed by atoms with E-state index in [2.05, 4.69) is 120 Å². The summed E-state index contributed by atoms with van der Waals surface area (Å²) < 4.78 is 2.54. The molecule has 0 N–H and O–H groups in total. The second-order valence-corrected chi connectivity index (χ2v) is 9.83. The Balaban J connectivity index is 1.52. The topological polar surface area (TPSA) is 8.17 Å². The lowest BCUT2D eigenvalue weighted by molar-refractivity contribution is 0.387. The highest BCUT2D eigenvalue weighted by atomic mass is 15.3. The van der Waals surface area contributed by atoms with Crippen molar-refractivity contribution >= 4 is 30.5 Å². The number of hydrogen-bond donors (Lipinski definition) is 0. The standard InChI is InChI=1S/C30H27BN2/c31-20-15-18-28-26(19-20)25-17-16-24-23-13-7-8-14-27(23)32(21-9-3-1-4-10-21)29(24)30(25)33(28)22-11-5-2-6-12-22/h1-17,25-26,28,30H,18-19,31H2/t25?,26-,28?,30?/m0/s1. The van der Waals surface area contributed by atoms with Crippen LogP contribution in [0.2, 0.25) is 0 Å². The van der Waals surface area contributed by atoms with E-state index in [1.54, 1.807) is 5.47 Å². The number of para-hydroxylation sites is 3. The largest absolute Gasteiger partial charge is 0.359 e. The second kappa shape index (κ2) is 7.28. The average molecular weight is 426 g/mol. The molecule has 2 heterocycles. The number of benzene rings is 3. The van der Waals surface area contributed by atoms with Crippen LogP contribution in [0.15, 0.2) is 103 Å². The Morgan fingerprint density at radius 2 is 1.48 bits per heavy atom. The van der Waals surface area contributed by atoms with Crippen LogP contribution in [0.5, 0.6) is 0 Å². The summed E-state index contributed by atoms with van der Waals surface area (Å²) in [6, 6.07) is 31.8. The Bertz CT molecular complexity index is 1400. The predicted octanol–water partition coefficient (Wildman–Crippen LogP) is 6.13. The SMILES string of the molecule is BC1=CCC2[C@@H](C1)C1C=Cc3c(n(-c4ccccc4)c4ccccc34)C1N2c1ccccc1. The first-order valence-electron chi connectivity index (χ1n) is 12.2. The molecule has 2 aliphatic carbocycles. The van der Waals surface area contributed by atoms with Gasteiger partial charge in [0.1, 0.15) is 7.85 Å². The van der Waals surface area contributed by atoms with E-state index < -0.39 is 0 Å². The molecule has 1 fully saturated rings. The van der Waals surface area contributed by atoms with E-state index in [0.717, 1.165) is 6.42 Å². The zero-order valence-corrected chi connectivity index (χ0v) is 18.9. The van der Waals surface area contributed by atoms with Gasteiger partial charge in [-0.05, 0) is 49.1 Å². The fourth-order valence-electron chi connectivity index (χ4n) is 6.75. The van der Waals surface area contributed by atoms with E-state index >= 15 is 0 Å². The molecule has 3 aliphatic rings. The molecule has 0 radical (unpaired) electrons. The van der Waals surface area contributed by atoms with Gasteiger partial charge in [0.2, 0.25) is 0 Å². The first-order valence-corrected chi connectivity index (χ1v) is 12.2. The van der Waals surface area contributed by atoms with Crippen LogP contribution in [0.1, 0.15) is 30.1 Å². The third kappa shape index (κ3) is 2.75. The summed E-state index contributed by atoms with van der Waals surface area (Å²) in [6.07, 6.45) is 9.77. The second-order valence-electron chi connectivity index (χ2n) is 9.83. The fraction of sp³-hybridized carbons (Fsp3) is 0.200. The van der Waals surface area contributed by atoms with Gasteiger partial charge >= 0.3 is 0 Å². The van der Waals surface area contributed by atoms with E-state index in [9.17, 15) is 0 Å². The van der Waals surface area contributed by atoms with E-state index in [4.69, 9.17) is 0 Å². The molecule has 33 heavy (non-hydrogen) atoms. The Morgan fingerprint density at radius 3 is 2.27 bits per heavy atom. The van der Waals surface area contributed by atoms with Gasteiger partial charge in [-0.1, -0.05) is 72.8 Å². The molecular formula is C30H27BN2. The van der Waals surface area contributed by atoms with Gasteiger partial charge in [0.05, 0.1) is 17.3 Å². The van der Waals surface area contributed by atoms with Gasteiger partial charge in [-0.15, -0.1) is 5.47 Å². The first kappa shape index (κ1) is 19.1. The molecule has 3 aromatic carbocycles. The van der Waals surface area contributed by atoms with Crippen molar-refractivity contribution in [1.29, 1.82) is 0 Å². The molecule has 3 unspecified atom stereocenters. The van der Waals surface area contributed by atoms with E-state index in [-0.39, 0.29) is 0 Å². The molecule has 0 spiro atoms. The van der Waals surface area contributed by atoms with Gasteiger partial charge in [-0.25, -0.2) is 0 Å². The third-order valence-electron chi connectivity index (χ3n) is 8.06. The van der Waals surface area contributed by atoms with Crippen molar-refractivity contribution in [2.45, 2.75) is 24.9 Å². The molecule has 4 atom stereocenters. The highest BCUT2D eigenvalue weighted by Crippen LogP contribution is 2.56. The molecule has 0 saturated carbocycles. The van der Waals surface area contributed by atoms with E-state index in [1.807, 2.05) is 0 Å². The van der Waals surface area contributed by atoms with Crippen molar-refractivity contribution in [2.75, 3.05) is 4.90 Å². The quantitative estimate of drug-likeness (QED) is 0.350. The van der Waals surface area contributed by atoms with E-state index in [1.165, 1.54) is 40.0 Å². The number of anilines is 1. The summed E-state index contributed by atoms with van der Waals surface area (Å²) in [6.45, 7) is 0. The van der Waals surface area contributed by atoms with Crippen LogP contribution in [0, 0.1) is 11.8 Å². The van der Waals surface area contributed by atoms with Gasteiger partial charge < -0.3 is 9.47 Å². The normalized spacial score (nSPS) is 25.5. The third-order valence-corrected chi connectivity index (χ3v) is 8.06. The molecular weight excluding hydrogens is 399 g/mol. The van der Waals surface area contributed by atoms with Gasteiger partial charge in [-0.2, -0.15) is 0 Å². The van der Waals surface area contributed by atoms with Crippen LogP contribution in [-0.4, -0.2) is 18.5 Å². The molecule has 1 saturated heterocycles. The molecule has 7 rings (SSSR count). The molecule has 1 aliphatic heterocycles. The average Bonchev–Trinajstić information content (AvgIpc) is 3.38. The minimum absolute atomic E-state index is 0.328. The van der Waals surface area contributed by atoms with Crippen molar-refractivity contribution in [2.24, 2.45) is 11.8 Å². The number of hydrogen-bond acceptors (Lipinski definition) is 1. The summed E-state index contributed by atoms with van der Waals surface area (Å²) in [5, 5.41) is 1.35. The summed E-state index contributed by atoms with van der Waals surface area (Å²) in [5.74, 6) is 1.16. The Morgan fingerprint density at radius 1 is 0.788 bits per heavy atom. The number of aromatic nitrogens is 1. The maximum absolute atomic E-state index is 2.76. The van der Waals surface area contributed by atoms with Gasteiger partial charge in [-0.3, -0.25) is 0 Å². The number of fused-ring (bicyclic) bond motifs is 7. The molecule has 0 amide bonds. The minimum atomic E-state index is 0.328. The molecule has 2 nitrogen and oxygen atoms in total. The highest BCUT2D eigenvalue weighted by molar-refractivity contribution is 6.21. The van der Waals surface area contributed by atoms with Crippen LogP contribution in [0.25, 0.3) is 22.7 Å². The predicted molar refractivity (Wildman–Crippen MR) is 141 cm³/mol. The number of allylic oxidation sites excluding steroid dienone is 1. The number of nitrogens with zero attached hydrogens (tertiary/aromatic N) is 2. The molecule has 4 aromatic rings. The zero-order valence-electron chi connectivity index (χ0n) is 18.9. The number of rotatable bonds is 2. The monoisotopic (exact) mass is 426 g/mol. The Hall–Kier alpha value is -3.46. The lowest BCUT2D eigenvalue weighted by Crippen LogP contribution is -2.36. The Labute approximate surface area is 196 Å². The summed E-state index contributed by atoms with van der Waals surface area (Å²) in [7, 11) is 2.31. The summed E-state index contributed by atoms with van der Waals surface area (Å²) in [5.41, 5.74) is 8.29. The minimum Gasteiger partial charge on any atom is -0.359 e.